The SMILES string of the molecule is NCc1cnccc1Oc1cc(Br)cc(F)c1F. The summed E-state index contributed by atoms with van der Waals surface area (Å²) in [4.78, 5) is 3.88. The summed E-state index contributed by atoms with van der Waals surface area (Å²) in [5, 5.41) is 0. The molecular formula is C12H9BrF2N2O. The van der Waals surface area contributed by atoms with Crippen molar-refractivity contribution in [3.63, 3.8) is 0 Å². The van der Waals surface area contributed by atoms with Crippen molar-refractivity contribution < 1.29 is 13.5 Å². The average Bonchev–Trinajstić information content (AvgIpc) is 2.36. The number of nitrogens with zero attached hydrogens (tertiary/aromatic N) is 1. The van der Waals surface area contributed by atoms with Crippen LogP contribution in [0, 0.1) is 11.6 Å². The van der Waals surface area contributed by atoms with Crippen LogP contribution in [0.3, 0.4) is 0 Å². The van der Waals surface area contributed by atoms with E-state index in [0.717, 1.165) is 6.07 Å². The summed E-state index contributed by atoms with van der Waals surface area (Å²) >= 11 is 3.07. The lowest BCUT2D eigenvalue weighted by molar-refractivity contribution is 0.412. The van der Waals surface area contributed by atoms with E-state index in [1.807, 2.05) is 0 Å². The van der Waals surface area contributed by atoms with Gasteiger partial charge in [-0.2, -0.15) is 4.39 Å². The van der Waals surface area contributed by atoms with Crippen LogP contribution in [0.1, 0.15) is 5.56 Å². The monoisotopic (exact) mass is 314 g/mol. The van der Waals surface area contributed by atoms with Crippen molar-refractivity contribution in [2.75, 3.05) is 0 Å². The van der Waals surface area contributed by atoms with Crippen LogP contribution in [-0.4, -0.2) is 4.98 Å². The molecule has 0 aliphatic carbocycles. The Hall–Kier alpha value is -1.53. The van der Waals surface area contributed by atoms with Gasteiger partial charge in [0, 0.05) is 29.0 Å². The molecule has 0 fully saturated rings. The summed E-state index contributed by atoms with van der Waals surface area (Å²) < 4.78 is 32.5. The first-order valence-electron chi connectivity index (χ1n) is 5.07. The zero-order valence-electron chi connectivity index (χ0n) is 9.16. The third-order valence-electron chi connectivity index (χ3n) is 2.26. The number of benzene rings is 1. The minimum absolute atomic E-state index is 0.196. The maximum absolute atomic E-state index is 13.5. The predicted molar refractivity (Wildman–Crippen MR) is 66.3 cm³/mol. The molecule has 0 unspecified atom stereocenters. The number of halogens is 3. The second-order valence-electron chi connectivity index (χ2n) is 3.49. The Labute approximate surface area is 111 Å². The number of rotatable bonds is 3. The molecule has 0 aliphatic heterocycles. The summed E-state index contributed by atoms with van der Waals surface area (Å²) in [5.74, 6) is -1.88. The molecule has 1 aromatic carbocycles. The number of hydrogen-bond acceptors (Lipinski definition) is 3. The Bertz CT molecular complexity index is 578. The molecule has 0 saturated heterocycles. The number of nitrogens with two attached hydrogens (primary N) is 1. The van der Waals surface area contributed by atoms with Gasteiger partial charge in [-0.3, -0.25) is 4.98 Å². The molecule has 6 heteroatoms. The molecule has 2 N–H and O–H groups in total. The maximum Gasteiger partial charge on any atom is 0.201 e. The van der Waals surface area contributed by atoms with Crippen LogP contribution in [0.5, 0.6) is 11.5 Å². The topological polar surface area (TPSA) is 48.1 Å². The smallest absolute Gasteiger partial charge is 0.201 e. The first-order chi connectivity index (χ1) is 8.61. The first-order valence-corrected chi connectivity index (χ1v) is 5.86. The van der Waals surface area contributed by atoms with E-state index in [0.29, 0.717) is 15.8 Å². The highest BCUT2D eigenvalue weighted by atomic mass is 79.9. The van der Waals surface area contributed by atoms with E-state index in [-0.39, 0.29) is 12.3 Å². The van der Waals surface area contributed by atoms with E-state index in [1.54, 1.807) is 6.07 Å². The molecule has 0 atom stereocenters. The Morgan fingerprint density at radius 2 is 2.06 bits per heavy atom. The molecule has 0 amide bonds. The molecule has 1 aromatic heterocycles. The van der Waals surface area contributed by atoms with Gasteiger partial charge in [-0.25, -0.2) is 4.39 Å². The van der Waals surface area contributed by atoms with Gasteiger partial charge < -0.3 is 10.5 Å². The summed E-state index contributed by atoms with van der Waals surface area (Å²) in [7, 11) is 0. The third kappa shape index (κ3) is 2.65. The van der Waals surface area contributed by atoms with Crippen molar-refractivity contribution in [3.8, 4) is 11.5 Å². The fourth-order valence-electron chi connectivity index (χ4n) is 1.39. The first kappa shape index (κ1) is 12.9. The highest BCUT2D eigenvalue weighted by molar-refractivity contribution is 9.10. The normalized spacial score (nSPS) is 10.4. The molecule has 18 heavy (non-hydrogen) atoms. The number of aromatic nitrogens is 1. The average molecular weight is 315 g/mol. The largest absolute Gasteiger partial charge is 0.454 e. The Morgan fingerprint density at radius 1 is 1.28 bits per heavy atom. The minimum Gasteiger partial charge on any atom is -0.454 e. The van der Waals surface area contributed by atoms with E-state index in [1.165, 1.54) is 18.5 Å². The minimum atomic E-state index is -1.04. The van der Waals surface area contributed by atoms with E-state index in [4.69, 9.17) is 10.5 Å². The van der Waals surface area contributed by atoms with Crippen molar-refractivity contribution >= 4 is 15.9 Å². The van der Waals surface area contributed by atoms with Crippen LogP contribution in [0.15, 0.2) is 35.1 Å². The number of hydrogen-bond donors (Lipinski definition) is 1. The molecule has 0 spiro atoms. The van der Waals surface area contributed by atoms with Crippen LogP contribution < -0.4 is 10.5 Å². The van der Waals surface area contributed by atoms with Crippen LogP contribution >= 0.6 is 15.9 Å². The summed E-state index contributed by atoms with van der Waals surface area (Å²) in [6.07, 6.45) is 3.00. The van der Waals surface area contributed by atoms with Gasteiger partial charge in [-0.15, -0.1) is 0 Å². The van der Waals surface area contributed by atoms with Gasteiger partial charge in [-0.05, 0) is 18.2 Å². The highest BCUT2D eigenvalue weighted by Gasteiger charge is 2.13. The fraction of sp³-hybridized carbons (Fsp3) is 0.0833. The van der Waals surface area contributed by atoms with Crippen molar-refractivity contribution in [1.82, 2.24) is 4.98 Å². The predicted octanol–water partition coefficient (Wildman–Crippen LogP) is 3.37. The lowest BCUT2D eigenvalue weighted by Crippen LogP contribution is -2.01. The molecule has 2 rings (SSSR count). The van der Waals surface area contributed by atoms with Crippen LogP contribution in [0.4, 0.5) is 8.78 Å². The molecule has 3 nitrogen and oxygen atoms in total. The van der Waals surface area contributed by atoms with Gasteiger partial charge >= 0.3 is 0 Å². The van der Waals surface area contributed by atoms with E-state index in [2.05, 4.69) is 20.9 Å². The standard InChI is InChI=1S/C12H9BrF2N2O/c13-8-3-9(14)12(15)11(4-8)18-10-1-2-17-6-7(10)5-16/h1-4,6H,5,16H2. The molecular weight excluding hydrogens is 306 g/mol. The third-order valence-corrected chi connectivity index (χ3v) is 2.72. The number of pyridine rings is 1. The number of ether oxygens (including phenoxy) is 1. The second-order valence-corrected chi connectivity index (χ2v) is 4.40. The lowest BCUT2D eigenvalue weighted by Gasteiger charge is -2.10. The van der Waals surface area contributed by atoms with Crippen molar-refractivity contribution in [2.24, 2.45) is 5.73 Å². The molecule has 0 bridgehead atoms. The quantitative estimate of drug-likeness (QED) is 0.884. The molecule has 1 heterocycles. The molecule has 94 valence electrons. The lowest BCUT2D eigenvalue weighted by atomic mass is 10.2. The van der Waals surface area contributed by atoms with Crippen LogP contribution in [-0.2, 0) is 6.54 Å². The van der Waals surface area contributed by atoms with Gasteiger partial charge in [0.2, 0.25) is 5.82 Å². The summed E-state index contributed by atoms with van der Waals surface area (Å²) in [6.45, 7) is 0.196. The molecule has 0 aliphatic rings. The molecule has 0 radical (unpaired) electrons. The van der Waals surface area contributed by atoms with Crippen LogP contribution in [0.2, 0.25) is 0 Å². The molecule has 2 aromatic rings. The highest BCUT2D eigenvalue weighted by Crippen LogP contribution is 2.30. The van der Waals surface area contributed by atoms with E-state index < -0.39 is 11.6 Å². The zero-order valence-corrected chi connectivity index (χ0v) is 10.7. The van der Waals surface area contributed by atoms with Gasteiger partial charge in [-0.1, -0.05) is 15.9 Å². The van der Waals surface area contributed by atoms with Gasteiger partial charge in [0.1, 0.15) is 5.75 Å². The molecule has 0 saturated carbocycles. The van der Waals surface area contributed by atoms with E-state index >= 15 is 0 Å². The van der Waals surface area contributed by atoms with Crippen molar-refractivity contribution in [2.45, 2.75) is 6.54 Å². The Balaban J connectivity index is 2.40. The Morgan fingerprint density at radius 3 is 2.78 bits per heavy atom. The zero-order chi connectivity index (χ0) is 13.1. The Kier molecular flexibility index (Phi) is 3.88. The maximum atomic E-state index is 13.5. The summed E-state index contributed by atoms with van der Waals surface area (Å²) in [6, 6.07) is 3.91. The van der Waals surface area contributed by atoms with Crippen LogP contribution in [0.25, 0.3) is 0 Å². The van der Waals surface area contributed by atoms with Gasteiger partial charge in [0.15, 0.2) is 11.6 Å². The fourth-order valence-corrected chi connectivity index (χ4v) is 1.80. The van der Waals surface area contributed by atoms with Crippen molar-refractivity contribution in [3.05, 3.63) is 52.3 Å². The van der Waals surface area contributed by atoms with Crippen molar-refractivity contribution in [1.29, 1.82) is 0 Å². The van der Waals surface area contributed by atoms with Gasteiger partial charge in [0.25, 0.3) is 0 Å². The second kappa shape index (κ2) is 5.41. The summed E-state index contributed by atoms with van der Waals surface area (Å²) in [5.41, 5.74) is 6.11. The van der Waals surface area contributed by atoms with E-state index in [9.17, 15) is 8.78 Å². The van der Waals surface area contributed by atoms with Gasteiger partial charge in [0.05, 0.1) is 0 Å².